The Hall–Kier alpha value is -0.870. The third-order valence-corrected chi connectivity index (χ3v) is 5.58. The molecule has 1 saturated heterocycles. The molecule has 1 aliphatic carbocycles. The molecule has 0 aromatic heterocycles. The summed E-state index contributed by atoms with van der Waals surface area (Å²) < 4.78 is 0.887. The van der Waals surface area contributed by atoms with Gasteiger partial charge in [-0.3, -0.25) is 4.79 Å². The Balaban J connectivity index is 1.81. The number of aryl methyl sites for hydroxylation is 1. The van der Waals surface area contributed by atoms with Crippen molar-refractivity contribution < 1.29 is 9.90 Å². The number of rotatable bonds is 1. The molecule has 3 unspecified atom stereocenters. The predicted octanol–water partition coefficient (Wildman–Crippen LogP) is 2.60. The quantitative estimate of drug-likeness (QED) is 0.863. The van der Waals surface area contributed by atoms with Gasteiger partial charge in [-0.1, -0.05) is 12.1 Å². The lowest BCUT2D eigenvalue weighted by atomic mass is 10.00. The Morgan fingerprint density at radius 2 is 2.16 bits per heavy atom. The summed E-state index contributed by atoms with van der Waals surface area (Å²) in [6.45, 7) is 3.48. The number of carbonyl (C=O) groups is 1. The van der Waals surface area contributed by atoms with E-state index in [0.29, 0.717) is 12.5 Å². The summed E-state index contributed by atoms with van der Waals surface area (Å²) in [6, 6.07) is 5.77. The molecule has 1 heterocycles. The first-order valence-corrected chi connectivity index (χ1v) is 7.59. The van der Waals surface area contributed by atoms with Gasteiger partial charge in [0.05, 0.1) is 11.7 Å². The number of hydrogen-bond donors (Lipinski definition) is 1. The second-order valence-corrected chi connectivity index (χ2v) is 6.51. The average molecular weight is 324 g/mol. The van der Waals surface area contributed by atoms with E-state index in [-0.39, 0.29) is 17.9 Å². The number of halogens is 1. The fourth-order valence-corrected chi connectivity index (χ4v) is 3.82. The molecule has 3 rings (SSSR count). The zero-order valence-electron chi connectivity index (χ0n) is 11.0. The zero-order valence-corrected chi connectivity index (χ0v) is 12.6. The van der Waals surface area contributed by atoms with E-state index in [2.05, 4.69) is 15.9 Å². The first-order valence-electron chi connectivity index (χ1n) is 6.80. The topological polar surface area (TPSA) is 40.5 Å². The van der Waals surface area contributed by atoms with Crippen LogP contribution in [0.2, 0.25) is 0 Å². The van der Waals surface area contributed by atoms with Crippen molar-refractivity contribution in [2.75, 3.05) is 13.1 Å². The molecule has 1 N–H and O–H groups in total. The highest BCUT2D eigenvalue weighted by molar-refractivity contribution is 9.10. The van der Waals surface area contributed by atoms with Crippen LogP contribution in [0, 0.1) is 18.8 Å². The van der Waals surface area contributed by atoms with Crippen LogP contribution in [0.4, 0.5) is 0 Å². The third kappa shape index (κ3) is 2.21. The number of fused-ring (bicyclic) bond motifs is 1. The first kappa shape index (κ1) is 13.1. The Morgan fingerprint density at radius 3 is 2.89 bits per heavy atom. The smallest absolute Gasteiger partial charge is 0.255 e. The van der Waals surface area contributed by atoms with E-state index in [1.165, 1.54) is 0 Å². The summed E-state index contributed by atoms with van der Waals surface area (Å²) in [4.78, 5) is 14.5. The number of amides is 1. The van der Waals surface area contributed by atoms with Crippen molar-refractivity contribution in [1.29, 1.82) is 0 Å². The molecule has 0 spiro atoms. The van der Waals surface area contributed by atoms with Crippen LogP contribution >= 0.6 is 15.9 Å². The second kappa shape index (κ2) is 4.91. The minimum Gasteiger partial charge on any atom is -0.393 e. The molecule has 1 aromatic rings. The number of aliphatic hydroxyl groups is 1. The van der Waals surface area contributed by atoms with E-state index in [4.69, 9.17) is 0 Å². The van der Waals surface area contributed by atoms with E-state index in [0.717, 1.165) is 35.0 Å². The van der Waals surface area contributed by atoms with Crippen LogP contribution in [0.1, 0.15) is 28.8 Å². The molecule has 1 aliphatic heterocycles. The average Bonchev–Trinajstić information content (AvgIpc) is 2.95. The third-order valence-electron chi connectivity index (χ3n) is 4.53. The van der Waals surface area contributed by atoms with Crippen LogP contribution in [-0.2, 0) is 0 Å². The molecule has 19 heavy (non-hydrogen) atoms. The molecule has 1 amide bonds. The van der Waals surface area contributed by atoms with Gasteiger partial charge < -0.3 is 10.0 Å². The van der Waals surface area contributed by atoms with Crippen molar-refractivity contribution in [3.05, 3.63) is 33.8 Å². The zero-order chi connectivity index (χ0) is 13.6. The second-order valence-electron chi connectivity index (χ2n) is 5.72. The minimum atomic E-state index is -0.219. The number of carbonyl (C=O) groups excluding carboxylic acids is 1. The summed E-state index contributed by atoms with van der Waals surface area (Å²) in [7, 11) is 0. The van der Waals surface area contributed by atoms with Gasteiger partial charge in [-0.25, -0.2) is 0 Å². The maximum Gasteiger partial charge on any atom is 0.255 e. The molecule has 102 valence electrons. The maximum absolute atomic E-state index is 12.6. The van der Waals surface area contributed by atoms with Crippen molar-refractivity contribution in [1.82, 2.24) is 4.90 Å². The number of hydrogen-bond acceptors (Lipinski definition) is 2. The molecule has 1 aromatic carbocycles. The number of likely N-dealkylation sites (tertiary alicyclic amines) is 1. The SMILES string of the molecule is Cc1cccc(C(=O)N2CC3CCC(O)C3C2)c1Br. The van der Waals surface area contributed by atoms with E-state index in [1.807, 2.05) is 30.0 Å². The van der Waals surface area contributed by atoms with Crippen LogP contribution < -0.4 is 0 Å². The number of nitrogens with zero attached hydrogens (tertiary/aromatic N) is 1. The normalized spacial score (nSPS) is 29.6. The molecule has 2 aliphatic rings. The summed E-state index contributed by atoms with van der Waals surface area (Å²) in [5, 5.41) is 9.92. The van der Waals surface area contributed by atoms with Gasteiger partial charge in [-0.2, -0.15) is 0 Å². The van der Waals surface area contributed by atoms with Crippen LogP contribution in [0.25, 0.3) is 0 Å². The highest BCUT2D eigenvalue weighted by Gasteiger charge is 2.43. The monoisotopic (exact) mass is 323 g/mol. The summed E-state index contributed by atoms with van der Waals surface area (Å²) in [5.74, 6) is 0.854. The fourth-order valence-electron chi connectivity index (χ4n) is 3.39. The lowest BCUT2D eigenvalue weighted by molar-refractivity contribution is 0.0751. The van der Waals surface area contributed by atoms with E-state index >= 15 is 0 Å². The molecule has 3 atom stereocenters. The molecule has 0 bridgehead atoms. The fraction of sp³-hybridized carbons (Fsp3) is 0.533. The van der Waals surface area contributed by atoms with Gasteiger partial charge >= 0.3 is 0 Å². The maximum atomic E-state index is 12.6. The van der Waals surface area contributed by atoms with E-state index in [9.17, 15) is 9.90 Å². The van der Waals surface area contributed by atoms with Crippen molar-refractivity contribution in [2.24, 2.45) is 11.8 Å². The van der Waals surface area contributed by atoms with Crippen LogP contribution in [0.15, 0.2) is 22.7 Å². The molecule has 4 heteroatoms. The lowest BCUT2D eigenvalue weighted by Crippen LogP contribution is -2.31. The van der Waals surface area contributed by atoms with Crippen LogP contribution in [0.5, 0.6) is 0 Å². The molecular formula is C15H18BrNO2. The van der Waals surface area contributed by atoms with E-state index < -0.39 is 0 Å². The molecule has 1 saturated carbocycles. The van der Waals surface area contributed by atoms with Crippen molar-refractivity contribution in [2.45, 2.75) is 25.9 Å². The highest BCUT2D eigenvalue weighted by Crippen LogP contribution is 2.39. The first-order chi connectivity index (χ1) is 9.08. The van der Waals surface area contributed by atoms with Crippen molar-refractivity contribution in [3.8, 4) is 0 Å². The predicted molar refractivity (Wildman–Crippen MR) is 77.0 cm³/mol. The molecular weight excluding hydrogens is 306 g/mol. The number of benzene rings is 1. The Kier molecular flexibility index (Phi) is 3.39. The Morgan fingerprint density at radius 1 is 1.37 bits per heavy atom. The molecule has 0 radical (unpaired) electrons. The van der Waals surface area contributed by atoms with Crippen LogP contribution in [-0.4, -0.2) is 35.1 Å². The van der Waals surface area contributed by atoms with Gasteiger partial charge in [0.15, 0.2) is 0 Å². The van der Waals surface area contributed by atoms with E-state index in [1.54, 1.807) is 0 Å². The Bertz CT molecular complexity index is 517. The summed E-state index contributed by atoms with van der Waals surface area (Å²) in [5.41, 5.74) is 1.81. The van der Waals surface area contributed by atoms with Crippen molar-refractivity contribution in [3.63, 3.8) is 0 Å². The van der Waals surface area contributed by atoms with Gasteiger partial charge in [0.1, 0.15) is 0 Å². The molecule has 3 nitrogen and oxygen atoms in total. The minimum absolute atomic E-state index is 0.0807. The largest absolute Gasteiger partial charge is 0.393 e. The highest BCUT2D eigenvalue weighted by atomic mass is 79.9. The number of aliphatic hydroxyl groups excluding tert-OH is 1. The summed E-state index contributed by atoms with van der Waals surface area (Å²) >= 11 is 3.50. The summed E-state index contributed by atoms with van der Waals surface area (Å²) in [6.07, 6.45) is 1.72. The Labute approximate surface area is 121 Å². The van der Waals surface area contributed by atoms with Gasteiger partial charge in [-0.05, 0) is 53.2 Å². The van der Waals surface area contributed by atoms with Gasteiger partial charge in [0.25, 0.3) is 5.91 Å². The van der Waals surface area contributed by atoms with Gasteiger partial charge in [0, 0.05) is 23.5 Å². The van der Waals surface area contributed by atoms with Gasteiger partial charge in [-0.15, -0.1) is 0 Å². The van der Waals surface area contributed by atoms with Crippen molar-refractivity contribution >= 4 is 21.8 Å². The lowest BCUT2D eigenvalue weighted by Gasteiger charge is -2.19. The molecule has 2 fully saturated rings. The standard InChI is InChI=1S/C15H18BrNO2/c1-9-3-2-4-11(14(9)16)15(19)17-7-10-5-6-13(18)12(10)8-17/h2-4,10,12-13,18H,5-8H2,1H3. The van der Waals surface area contributed by atoms with Crippen LogP contribution in [0.3, 0.4) is 0 Å². The van der Waals surface area contributed by atoms with Gasteiger partial charge in [0.2, 0.25) is 0 Å².